The van der Waals surface area contributed by atoms with Crippen LogP contribution in [-0.4, -0.2) is 17.1 Å². The summed E-state index contributed by atoms with van der Waals surface area (Å²) in [5.41, 5.74) is 2.43. The number of rotatable bonds is 4. The highest BCUT2D eigenvalue weighted by Gasteiger charge is 2.33. The van der Waals surface area contributed by atoms with Crippen molar-refractivity contribution in [3.05, 3.63) is 102 Å². The van der Waals surface area contributed by atoms with Crippen LogP contribution in [0, 0.1) is 0 Å². The van der Waals surface area contributed by atoms with Crippen LogP contribution in [0.5, 0.6) is 0 Å². The fraction of sp³-hybridized carbons (Fsp3) is 0.174. The third kappa shape index (κ3) is 3.76. The zero-order valence-corrected chi connectivity index (χ0v) is 18.0. The van der Waals surface area contributed by atoms with Crippen molar-refractivity contribution in [3.8, 4) is 0 Å². The van der Waals surface area contributed by atoms with E-state index in [1.807, 2.05) is 48.5 Å². The monoisotopic (exact) mass is 438 g/mol. The number of hydrogen-bond acceptors (Lipinski definition) is 5. The van der Waals surface area contributed by atoms with Crippen molar-refractivity contribution >= 4 is 35.0 Å². The predicted octanol–water partition coefficient (Wildman–Crippen LogP) is 3.45. The molecule has 0 bridgehead atoms. The number of allylic oxidation sites excluding steroid dienone is 1. The van der Waals surface area contributed by atoms with E-state index in [9.17, 15) is 9.59 Å². The molecule has 1 aliphatic rings. The van der Waals surface area contributed by atoms with Gasteiger partial charge < -0.3 is 4.74 Å². The van der Waals surface area contributed by atoms with Gasteiger partial charge in [0.1, 0.15) is 0 Å². The minimum absolute atomic E-state index is 0.197. The first-order valence-corrected chi connectivity index (χ1v) is 10.7. The Hall–Kier alpha value is -2.96. The second-order valence-corrected chi connectivity index (χ2v) is 8.21. The van der Waals surface area contributed by atoms with Gasteiger partial charge in [-0.05, 0) is 43.2 Å². The molecule has 2 heterocycles. The number of aromatic nitrogens is 1. The van der Waals surface area contributed by atoms with E-state index in [-0.39, 0.29) is 12.2 Å². The van der Waals surface area contributed by atoms with Crippen LogP contribution >= 0.6 is 22.9 Å². The van der Waals surface area contributed by atoms with Gasteiger partial charge in [-0.25, -0.2) is 9.79 Å². The van der Waals surface area contributed by atoms with Crippen LogP contribution in [0.2, 0.25) is 5.02 Å². The second-order valence-electron chi connectivity index (χ2n) is 6.76. The summed E-state index contributed by atoms with van der Waals surface area (Å²) in [6.07, 6.45) is 1.81. The first-order valence-electron chi connectivity index (χ1n) is 9.49. The van der Waals surface area contributed by atoms with E-state index in [1.54, 1.807) is 30.5 Å². The Kier molecular flexibility index (Phi) is 5.70. The van der Waals surface area contributed by atoms with E-state index in [2.05, 4.69) is 4.99 Å². The molecule has 0 saturated carbocycles. The SMILES string of the molecule is CCOC(=O)C1=C(C)N=c2s/c(=C/c3ccc(Cl)cc3)c(=O)n2[C@H]1c1ccccc1. The molecule has 5 nitrogen and oxygen atoms in total. The van der Waals surface area contributed by atoms with Crippen LogP contribution in [0.3, 0.4) is 0 Å². The highest BCUT2D eigenvalue weighted by atomic mass is 35.5. The van der Waals surface area contributed by atoms with Gasteiger partial charge in [0.15, 0.2) is 4.80 Å². The Morgan fingerprint density at radius 3 is 2.57 bits per heavy atom. The van der Waals surface area contributed by atoms with Gasteiger partial charge in [-0.15, -0.1) is 0 Å². The second kappa shape index (κ2) is 8.42. The van der Waals surface area contributed by atoms with Crippen LogP contribution in [0.25, 0.3) is 6.08 Å². The molecule has 152 valence electrons. The van der Waals surface area contributed by atoms with E-state index < -0.39 is 12.0 Å². The Balaban J connectivity index is 1.94. The van der Waals surface area contributed by atoms with Crippen molar-refractivity contribution in [1.82, 2.24) is 4.57 Å². The molecule has 30 heavy (non-hydrogen) atoms. The molecule has 1 aromatic heterocycles. The molecule has 0 fully saturated rings. The number of nitrogens with zero attached hydrogens (tertiary/aromatic N) is 2. The molecular weight excluding hydrogens is 420 g/mol. The lowest BCUT2D eigenvalue weighted by Gasteiger charge is -2.24. The zero-order chi connectivity index (χ0) is 21.3. The van der Waals surface area contributed by atoms with E-state index >= 15 is 0 Å². The summed E-state index contributed by atoms with van der Waals surface area (Å²) < 4.78 is 7.40. The fourth-order valence-electron chi connectivity index (χ4n) is 3.45. The molecule has 0 unspecified atom stereocenters. The molecule has 0 aliphatic carbocycles. The Morgan fingerprint density at radius 2 is 1.90 bits per heavy atom. The van der Waals surface area contributed by atoms with Crippen LogP contribution in [0.4, 0.5) is 0 Å². The van der Waals surface area contributed by atoms with E-state index in [0.717, 1.165) is 11.1 Å². The topological polar surface area (TPSA) is 60.7 Å². The quantitative estimate of drug-likeness (QED) is 0.586. The van der Waals surface area contributed by atoms with Crippen molar-refractivity contribution in [1.29, 1.82) is 0 Å². The Bertz CT molecular complexity index is 1310. The zero-order valence-electron chi connectivity index (χ0n) is 16.5. The van der Waals surface area contributed by atoms with E-state index in [1.165, 1.54) is 11.3 Å². The highest BCUT2D eigenvalue weighted by molar-refractivity contribution is 7.07. The van der Waals surface area contributed by atoms with Gasteiger partial charge in [0.25, 0.3) is 5.56 Å². The first kappa shape index (κ1) is 20.3. The van der Waals surface area contributed by atoms with Crippen LogP contribution in [0.15, 0.2) is 75.7 Å². The molecule has 0 saturated heterocycles. The third-order valence-electron chi connectivity index (χ3n) is 4.80. The van der Waals surface area contributed by atoms with Crippen LogP contribution in [-0.2, 0) is 9.53 Å². The lowest BCUT2D eigenvalue weighted by molar-refractivity contribution is -0.139. The number of fused-ring (bicyclic) bond motifs is 1. The van der Waals surface area contributed by atoms with E-state index in [4.69, 9.17) is 16.3 Å². The largest absolute Gasteiger partial charge is 0.463 e. The maximum atomic E-state index is 13.4. The number of benzene rings is 2. The number of halogens is 1. The van der Waals surface area contributed by atoms with Crippen molar-refractivity contribution in [3.63, 3.8) is 0 Å². The molecule has 1 atom stereocenters. The van der Waals surface area contributed by atoms with Crippen molar-refractivity contribution < 1.29 is 9.53 Å². The summed E-state index contributed by atoms with van der Waals surface area (Å²) >= 11 is 7.26. The molecular formula is C23H19ClN2O3S. The lowest BCUT2D eigenvalue weighted by Crippen LogP contribution is -2.39. The summed E-state index contributed by atoms with van der Waals surface area (Å²) in [6, 6.07) is 16.1. The third-order valence-corrected chi connectivity index (χ3v) is 6.04. The number of thiazole rings is 1. The van der Waals surface area contributed by atoms with Gasteiger partial charge >= 0.3 is 5.97 Å². The average molecular weight is 439 g/mol. The Labute approximate surface area is 182 Å². The molecule has 0 spiro atoms. The van der Waals surface area contributed by atoms with Gasteiger partial charge in [-0.3, -0.25) is 9.36 Å². The van der Waals surface area contributed by atoms with Gasteiger partial charge in [-0.1, -0.05) is 65.4 Å². The summed E-state index contributed by atoms with van der Waals surface area (Å²) in [5, 5.41) is 0.632. The van der Waals surface area contributed by atoms with Gasteiger partial charge in [0.2, 0.25) is 0 Å². The molecule has 2 aromatic carbocycles. The van der Waals surface area contributed by atoms with Crippen LogP contribution in [0.1, 0.15) is 31.0 Å². The molecule has 4 rings (SSSR count). The Morgan fingerprint density at radius 1 is 1.20 bits per heavy atom. The molecule has 0 N–H and O–H groups in total. The first-order chi connectivity index (χ1) is 14.5. The van der Waals surface area contributed by atoms with Gasteiger partial charge in [0, 0.05) is 5.02 Å². The molecule has 1 aliphatic heterocycles. The molecule has 3 aromatic rings. The number of ether oxygens (including phenoxy) is 1. The minimum Gasteiger partial charge on any atom is -0.463 e. The van der Waals surface area contributed by atoms with Gasteiger partial charge in [0.05, 0.1) is 28.5 Å². The lowest BCUT2D eigenvalue weighted by atomic mass is 9.96. The molecule has 0 radical (unpaired) electrons. The predicted molar refractivity (Wildman–Crippen MR) is 118 cm³/mol. The standard InChI is InChI=1S/C23H19ClN2O3S/c1-3-29-22(28)19-14(2)25-23-26(20(19)16-7-5-4-6-8-16)21(27)18(30-23)13-15-9-11-17(24)12-10-15/h4-13,20H,3H2,1-2H3/b18-13+/t20-/m0/s1. The summed E-state index contributed by atoms with van der Waals surface area (Å²) in [5.74, 6) is -0.459. The summed E-state index contributed by atoms with van der Waals surface area (Å²) in [4.78, 5) is 31.3. The van der Waals surface area contributed by atoms with E-state index in [0.29, 0.717) is 25.6 Å². The number of hydrogen-bond donors (Lipinski definition) is 0. The smallest absolute Gasteiger partial charge is 0.338 e. The summed E-state index contributed by atoms with van der Waals surface area (Å²) in [7, 11) is 0. The highest BCUT2D eigenvalue weighted by Crippen LogP contribution is 2.30. The van der Waals surface area contributed by atoms with Crippen molar-refractivity contribution in [2.75, 3.05) is 6.61 Å². The van der Waals surface area contributed by atoms with Crippen molar-refractivity contribution in [2.24, 2.45) is 4.99 Å². The van der Waals surface area contributed by atoms with Crippen molar-refractivity contribution in [2.45, 2.75) is 19.9 Å². The molecule has 7 heteroatoms. The fourth-order valence-corrected chi connectivity index (χ4v) is 4.63. The average Bonchev–Trinajstić information content (AvgIpc) is 3.04. The minimum atomic E-state index is -0.589. The van der Waals surface area contributed by atoms with Gasteiger partial charge in [-0.2, -0.15) is 0 Å². The summed E-state index contributed by atoms with van der Waals surface area (Å²) in [6.45, 7) is 3.78. The number of carbonyl (C=O) groups is 1. The maximum absolute atomic E-state index is 13.4. The molecule has 0 amide bonds. The number of carbonyl (C=O) groups excluding carboxylic acids is 1. The normalized spacial score (nSPS) is 16.2. The maximum Gasteiger partial charge on any atom is 0.338 e. The van der Waals surface area contributed by atoms with Crippen LogP contribution < -0.4 is 14.9 Å². The number of esters is 1.